The molecule has 2 heterocycles. The van der Waals surface area contributed by atoms with Gasteiger partial charge in [-0.15, -0.1) is 0 Å². The smallest absolute Gasteiger partial charge is 0.251 e. The van der Waals surface area contributed by atoms with Crippen LogP contribution in [0.1, 0.15) is 28.2 Å². The Hall–Kier alpha value is -4.33. The number of methoxy groups -OCH3 is 2. The minimum absolute atomic E-state index is 0.0333. The van der Waals surface area contributed by atoms with Crippen LogP contribution in [0.4, 0.5) is 5.69 Å². The molecule has 1 N–H and O–H groups in total. The summed E-state index contributed by atoms with van der Waals surface area (Å²) in [5, 5.41) is 2.95. The number of imidazole rings is 1. The first kappa shape index (κ1) is 24.4. The topological polar surface area (TPSA) is 85.7 Å². The van der Waals surface area contributed by atoms with Crippen molar-refractivity contribution in [3.8, 4) is 11.5 Å². The Kier molecular flexibility index (Phi) is 7.07. The number of ether oxygens (including phenoxy) is 2. The summed E-state index contributed by atoms with van der Waals surface area (Å²) in [4.78, 5) is 32.9. The molecule has 0 saturated carbocycles. The number of fused-ring (bicyclic) bond motifs is 2. The standard InChI is InChI=1S/C29H30N4O4/c1-36-25-14-13-21(18-26(25)37-2)29(35)30-16-15-27-31-22-10-4-6-12-24(22)33(27)19-28(34)32-17-7-9-20-8-3-5-11-23(20)32/h3-6,8,10-14,18H,7,9,15-17,19H2,1-2H3,(H,30,35). The van der Waals surface area contributed by atoms with E-state index in [9.17, 15) is 9.59 Å². The molecule has 3 aromatic carbocycles. The summed E-state index contributed by atoms with van der Waals surface area (Å²) in [5.41, 5.74) is 4.41. The Bertz CT molecular complexity index is 1450. The summed E-state index contributed by atoms with van der Waals surface area (Å²) in [5.74, 6) is 1.63. The highest BCUT2D eigenvalue weighted by molar-refractivity contribution is 5.96. The Morgan fingerprint density at radius 1 is 0.973 bits per heavy atom. The lowest BCUT2D eigenvalue weighted by Crippen LogP contribution is -2.38. The van der Waals surface area contributed by atoms with E-state index in [4.69, 9.17) is 14.5 Å². The first-order valence-corrected chi connectivity index (χ1v) is 12.4. The Labute approximate surface area is 215 Å². The number of hydrogen-bond donors (Lipinski definition) is 1. The van der Waals surface area contributed by atoms with Gasteiger partial charge in [0.25, 0.3) is 5.91 Å². The van der Waals surface area contributed by atoms with Gasteiger partial charge in [-0.2, -0.15) is 0 Å². The molecule has 0 unspecified atom stereocenters. The zero-order valence-electron chi connectivity index (χ0n) is 21.1. The van der Waals surface area contributed by atoms with Gasteiger partial charge in [-0.25, -0.2) is 4.98 Å². The van der Waals surface area contributed by atoms with E-state index in [-0.39, 0.29) is 18.4 Å². The van der Waals surface area contributed by atoms with Crippen LogP contribution >= 0.6 is 0 Å². The SMILES string of the molecule is COc1ccc(C(=O)NCCc2nc3ccccc3n2CC(=O)N2CCCc3ccccc32)cc1OC. The second-order valence-electron chi connectivity index (χ2n) is 8.96. The number of amides is 2. The van der Waals surface area contributed by atoms with Gasteiger partial charge in [0.2, 0.25) is 5.91 Å². The molecule has 0 spiro atoms. The molecule has 1 aliphatic heterocycles. The highest BCUT2D eigenvalue weighted by atomic mass is 16.5. The predicted octanol–water partition coefficient (Wildman–Crippen LogP) is 4.01. The van der Waals surface area contributed by atoms with Crippen LogP contribution in [-0.2, 0) is 24.2 Å². The minimum atomic E-state index is -0.218. The molecule has 8 nitrogen and oxygen atoms in total. The van der Waals surface area contributed by atoms with Gasteiger partial charge < -0.3 is 24.3 Å². The second-order valence-corrected chi connectivity index (χ2v) is 8.96. The molecule has 4 aromatic rings. The van der Waals surface area contributed by atoms with Crippen molar-refractivity contribution in [3.63, 3.8) is 0 Å². The Morgan fingerprint density at radius 3 is 2.59 bits per heavy atom. The fourth-order valence-corrected chi connectivity index (χ4v) is 4.87. The maximum absolute atomic E-state index is 13.5. The molecule has 0 bridgehead atoms. The monoisotopic (exact) mass is 498 g/mol. The maximum Gasteiger partial charge on any atom is 0.251 e. The van der Waals surface area contributed by atoms with E-state index < -0.39 is 0 Å². The second kappa shape index (κ2) is 10.7. The summed E-state index contributed by atoms with van der Waals surface area (Å²) in [6, 6.07) is 21.0. The van der Waals surface area contributed by atoms with E-state index in [1.807, 2.05) is 51.9 Å². The largest absolute Gasteiger partial charge is 0.493 e. The van der Waals surface area contributed by atoms with Crippen molar-refractivity contribution in [1.82, 2.24) is 14.9 Å². The van der Waals surface area contributed by atoms with Crippen LogP contribution in [0.25, 0.3) is 11.0 Å². The lowest BCUT2D eigenvalue weighted by molar-refractivity contribution is -0.119. The molecule has 1 aromatic heterocycles. The van der Waals surface area contributed by atoms with Gasteiger partial charge in [-0.3, -0.25) is 9.59 Å². The maximum atomic E-state index is 13.5. The van der Waals surface area contributed by atoms with Crippen LogP contribution in [0, 0.1) is 0 Å². The third-order valence-electron chi connectivity index (χ3n) is 6.72. The van der Waals surface area contributed by atoms with E-state index >= 15 is 0 Å². The molecule has 5 rings (SSSR count). The van der Waals surface area contributed by atoms with Crippen molar-refractivity contribution < 1.29 is 19.1 Å². The molecular formula is C29H30N4O4. The Balaban J connectivity index is 1.32. The molecule has 1 aliphatic rings. The number of carbonyl (C=O) groups excluding carboxylic acids is 2. The number of nitrogens with one attached hydrogen (secondary N) is 1. The number of carbonyl (C=O) groups is 2. The van der Waals surface area contributed by atoms with Gasteiger partial charge in [0.15, 0.2) is 11.5 Å². The third kappa shape index (κ3) is 5.00. The average Bonchev–Trinajstić information content (AvgIpc) is 3.29. The zero-order valence-corrected chi connectivity index (χ0v) is 21.1. The quantitative estimate of drug-likeness (QED) is 0.397. The molecule has 0 fully saturated rings. The number of aryl methyl sites for hydroxylation is 1. The first-order chi connectivity index (χ1) is 18.1. The molecular weight excluding hydrogens is 468 g/mol. The molecule has 2 amide bonds. The van der Waals surface area contributed by atoms with E-state index in [1.54, 1.807) is 25.3 Å². The lowest BCUT2D eigenvalue weighted by atomic mass is 10.0. The summed E-state index contributed by atoms with van der Waals surface area (Å²) < 4.78 is 12.5. The van der Waals surface area contributed by atoms with Crippen LogP contribution in [0.5, 0.6) is 11.5 Å². The van der Waals surface area contributed by atoms with E-state index in [0.29, 0.717) is 36.6 Å². The summed E-state index contributed by atoms with van der Waals surface area (Å²) >= 11 is 0. The molecule has 8 heteroatoms. The number of aromatic nitrogens is 2. The van der Waals surface area contributed by atoms with Crippen molar-refractivity contribution in [2.75, 3.05) is 32.2 Å². The van der Waals surface area contributed by atoms with Gasteiger partial charge in [0.05, 0.1) is 25.3 Å². The third-order valence-corrected chi connectivity index (χ3v) is 6.72. The molecule has 0 saturated heterocycles. The number of hydrogen-bond acceptors (Lipinski definition) is 5. The number of benzene rings is 3. The van der Waals surface area contributed by atoms with Gasteiger partial charge in [-0.05, 0) is 54.8 Å². The van der Waals surface area contributed by atoms with E-state index in [1.165, 1.54) is 12.7 Å². The van der Waals surface area contributed by atoms with Crippen molar-refractivity contribution in [2.45, 2.75) is 25.8 Å². The van der Waals surface area contributed by atoms with Crippen LogP contribution in [0.3, 0.4) is 0 Å². The summed E-state index contributed by atoms with van der Waals surface area (Å²) in [7, 11) is 3.09. The zero-order chi connectivity index (χ0) is 25.8. The van der Waals surface area contributed by atoms with Crippen molar-refractivity contribution >= 4 is 28.5 Å². The van der Waals surface area contributed by atoms with E-state index in [0.717, 1.165) is 35.4 Å². The summed E-state index contributed by atoms with van der Waals surface area (Å²) in [6.45, 7) is 1.27. The number of nitrogens with zero attached hydrogens (tertiary/aromatic N) is 3. The van der Waals surface area contributed by atoms with Crippen molar-refractivity contribution in [1.29, 1.82) is 0 Å². The van der Waals surface area contributed by atoms with Crippen LogP contribution in [-0.4, -0.2) is 48.7 Å². The first-order valence-electron chi connectivity index (χ1n) is 12.4. The van der Waals surface area contributed by atoms with Crippen molar-refractivity contribution in [3.05, 3.63) is 83.7 Å². The lowest BCUT2D eigenvalue weighted by Gasteiger charge is -2.29. The fourth-order valence-electron chi connectivity index (χ4n) is 4.87. The molecule has 0 aliphatic carbocycles. The normalized spacial score (nSPS) is 12.8. The predicted molar refractivity (Wildman–Crippen MR) is 142 cm³/mol. The van der Waals surface area contributed by atoms with Crippen LogP contribution < -0.4 is 19.7 Å². The van der Waals surface area contributed by atoms with Gasteiger partial charge >= 0.3 is 0 Å². The van der Waals surface area contributed by atoms with Gasteiger partial charge in [0.1, 0.15) is 12.4 Å². The van der Waals surface area contributed by atoms with Crippen LogP contribution in [0.2, 0.25) is 0 Å². The number of rotatable bonds is 8. The van der Waals surface area contributed by atoms with Gasteiger partial charge in [0, 0.05) is 30.8 Å². The molecule has 0 radical (unpaired) electrons. The highest BCUT2D eigenvalue weighted by Gasteiger charge is 2.24. The van der Waals surface area contributed by atoms with Crippen molar-refractivity contribution in [2.24, 2.45) is 0 Å². The molecule has 0 atom stereocenters. The number of anilines is 1. The summed E-state index contributed by atoms with van der Waals surface area (Å²) in [6.07, 6.45) is 2.42. The number of para-hydroxylation sites is 3. The van der Waals surface area contributed by atoms with Gasteiger partial charge in [-0.1, -0.05) is 30.3 Å². The average molecular weight is 499 g/mol. The highest BCUT2D eigenvalue weighted by Crippen LogP contribution is 2.28. The van der Waals surface area contributed by atoms with E-state index in [2.05, 4.69) is 11.4 Å². The fraction of sp³-hybridized carbons (Fsp3) is 0.276. The molecule has 190 valence electrons. The molecule has 37 heavy (non-hydrogen) atoms. The van der Waals surface area contributed by atoms with Crippen LogP contribution in [0.15, 0.2) is 66.7 Å². The minimum Gasteiger partial charge on any atom is -0.493 e. The Morgan fingerprint density at radius 2 is 1.76 bits per heavy atom.